The molecule has 0 unspecified atom stereocenters. The second-order valence-corrected chi connectivity index (χ2v) is 15.5. The maximum Gasteiger partial charge on any atom is 0.270 e. The fraction of sp³-hybridized carbons (Fsp3) is 0.268. The Bertz CT molecular complexity index is 2400. The number of pyridine rings is 2. The summed E-state index contributed by atoms with van der Waals surface area (Å²) >= 11 is 12.7. The number of anilines is 2. The fourth-order valence-corrected chi connectivity index (χ4v) is 7.74. The SMILES string of the molecule is C[C@@]1(Cc2ccc(C#N)cc2)C(=O)N(c2cc(Cl)cc(Cl)c2)c2ncc(C(=O)NC3(C(=O)NC4(c5ccc(C(=O)NCCc6ccncc6)cn5)CC4)CC3)n21. The molecule has 3 aromatic heterocycles. The van der Waals surface area contributed by atoms with Crippen LogP contribution < -0.4 is 20.9 Å². The van der Waals surface area contributed by atoms with E-state index in [-0.39, 0.29) is 35.8 Å². The molecule has 0 saturated heterocycles. The van der Waals surface area contributed by atoms with Crippen molar-refractivity contribution in [3.05, 3.63) is 135 Å². The minimum atomic E-state index is -1.34. The van der Waals surface area contributed by atoms with Crippen LogP contribution in [-0.4, -0.2) is 55.2 Å². The van der Waals surface area contributed by atoms with Crippen LogP contribution in [0.15, 0.2) is 91.5 Å². The van der Waals surface area contributed by atoms with Crippen LogP contribution in [0.3, 0.4) is 0 Å². The van der Waals surface area contributed by atoms with E-state index in [4.69, 9.17) is 23.2 Å². The zero-order valence-corrected chi connectivity index (χ0v) is 31.7. The first kappa shape index (κ1) is 36.9. The summed E-state index contributed by atoms with van der Waals surface area (Å²) in [5.74, 6) is -1.32. The van der Waals surface area contributed by atoms with Crippen molar-refractivity contribution < 1.29 is 19.2 Å². The van der Waals surface area contributed by atoms with Crippen LogP contribution in [0, 0.1) is 11.3 Å². The highest BCUT2D eigenvalue weighted by molar-refractivity contribution is 6.35. The molecule has 5 aromatic rings. The van der Waals surface area contributed by atoms with Crippen molar-refractivity contribution in [2.24, 2.45) is 0 Å². The summed E-state index contributed by atoms with van der Waals surface area (Å²) < 4.78 is 1.59. The Labute approximate surface area is 332 Å². The summed E-state index contributed by atoms with van der Waals surface area (Å²) in [6, 6.07) is 21.0. The van der Waals surface area contributed by atoms with Crippen molar-refractivity contribution in [1.82, 2.24) is 35.5 Å². The third kappa shape index (κ3) is 6.86. The average molecular weight is 789 g/mol. The van der Waals surface area contributed by atoms with Gasteiger partial charge in [0, 0.05) is 41.6 Å². The van der Waals surface area contributed by atoms with Gasteiger partial charge < -0.3 is 16.0 Å². The van der Waals surface area contributed by atoms with Crippen molar-refractivity contribution in [2.45, 2.75) is 62.1 Å². The number of nitrogens with one attached hydrogen (secondary N) is 3. The van der Waals surface area contributed by atoms with Gasteiger partial charge in [0.2, 0.25) is 11.9 Å². The van der Waals surface area contributed by atoms with Gasteiger partial charge in [-0.15, -0.1) is 0 Å². The lowest BCUT2D eigenvalue weighted by molar-refractivity contribution is -0.125. The number of imidazole rings is 1. The molecule has 15 heteroatoms. The first-order valence-electron chi connectivity index (χ1n) is 18.1. The van der Waals surface area contributed by atoms with Crippen LogP contribution in [0.2, 0.25) is 10.0 Å². The quantitative estimate of drug-likeness (QED) is 0.148. The monoisotopic (exact) mass is 787 g/mol. The molecule has 1 aliphatic heterocycles. The van der Waals surface area contributed by atoms with Gasteiger partial charge in [-0.3, -0.25) is 33.7 Å². The zero-order valence-electron chi connectivity index (χ0n) is 30.2. The van der Waals surface area contributed by atoms with E-state index in [1.165, 1.54) is 17.3 Å². The number of aromatic nitrogens is 4. The summed E-state index contributed by atoms with van der Waals surface area (Å²) in [6.07, 6.45) is 9.31. The maximum atomic E-state index is 14.4. The maximum absolute atomic E-state index is 14.4. The van der Waals surface area contributed by atoms with Crippen molar-refractivity contribution in [3.8, 4) is 6.07 Å². The Hall–Kier alpha value is -6.10. The van der Waals surface area contributed by atoms with Crippen LogP contribution in [0.4, 0.5) is 11.6 Å². The van der Waals surface area contributed by atoms with Gasteiger partial charge >= 0.3 is 0 Å². The lowest BCUT2D eigenvalue weighted by Crippen LogP contribution is -2.52. The molecule has 2 aromatic carbocycles. The summed E-state index contributed by atoms with van der Waals surface area (Å²) in [6.45, 7) is 2.19. The smallest absolute Gasteiger partial charge is 0.270 e. The highest BCUT2D eigenvalue weighted by Crippen LogP contribution is 2.47. The van der Waals surface area contributed by atoms with Crippen LogP contribution in [0.1, 0.15) is 75.8 Å². The second kappa shape index (κ2) is 14.2. The molecular weight excluding hydrogens is 753 g/mol. The summed E-state index contributed by atoms with van der Waals surface area (Å²) in [7, 11) is 0. The molecule has 282 valence electrons. The molecule has 0 bridgehead atoms. The number of benzene rings is 2. The van der Waals surface area contributed by atoms with Gasteiger partial charge in [0.05, 0.1) is 40.3 Å². The highest BCUT2D eigenvalue weighted by atomic mass is 35.5. The standard InChI is InChI=1S/C41H35Cl2N9O4/c1-39(21-26-2-4-27(22-44)5-3-26)37(56)51(31-19-29(42)18-30(43)20-31)38-48-24-32(52(38)39)35(54)49-41(13-14-41)36(55)50-40(11-12-40)33-7-6-28(23-47-33)34(53)46-17-10-25-8-15-45-16-9-25/h2-9,15-16,18-20,23-24H,10-14,17,21H2,1H3,(H,46,53)(H,49,54)(H,50,55)/t39-/m1/s1. The lowest BCUT2D eigenvalue weighted by atomic mass is 9.91. The van der Waals surface area contributed by atoms with Crippen LogP contribution in [0.5, 0.6) is 0 Å². The van der Waals surface area contributed by atoms with E-state index >= 15 is 0 Å². The van der Waals surface area contributed by atoms with Crippen LogP contribution in [-0.2, 0) is 33.5 Å². The van der Waals surface area contributed by atoms with E-state index in [0.717, 1.165) is 11.1 Å². The van der Waals surface area contributed by atoms with E-state index in [2.05, 4.69) is 37.0 Å². The first-order chi connectivity index (χ1) is 26.9. The molecule has 3 aliphatic rings. The van der Waals surface area contributed by atoms with Gasteiger partial charge in [0.15, 0.2) is 0 Å². The number of nitrogens with zero attached hydrogens (tertiary/aromatic N) is 6. The normalized spacial score (nSPS) is 18.4. The molecule has 8 rings (SSSR count). The Morgan fingerprint density at radius 2 is 1.57 bits per heavy atom. The number of rotatable bonds is 12. The van der Waals surface area contributed by atoms with E-state index in [0.29, 0.717) is 71.2 Å². The van der Waals surface area contributed by atoms with E-state index < -0.39 is 22.5 Å². The Morgan fingerprint density at radius 1 is 0.857 bits per heavy atom. The van der Waals surface area contributed by atoms with Gasteiger partial charge in [0.25, 0.3) is 17.7 Å². The number of halogens is 2. The minimum absolute atomic E-state index is 0.0941. The predicted octanol–water partition coefficient (Wildman–Crippen LogP) is 5.53. The molecule has 2 aliphatic carbocycles. The molecule has 2 fully saturated rings. The van der Waals surface area contributed by atoms with E-state index in [1.54, 1.807) is 78.5 Å². The molecule has 0 radical (unpaired) electrons. The topological polar surface area (TPSA) is 175 Å². The first-order valence-corrected chi connectivity index (χ1v) is 18.9. The molecule has 1 atom stereocenters. The molecule has 3 N–H and O–H groups in total. The fourth-order valence-electron chi connectivity index (χ4n) is 7.23. The van der Waals surface area contributed by atoms with Gasteiger partial charge in [-0.1, -0.05) is 35.3 Å². The minimum Gasteiger partial charge on any atom is -0.352 e. The number of nitriles is 1. The summed E-state index contributed by atoms with van der Waals surface area (Å²) in [5, 5.41) is 19.0. The zero-order chi connectivity index (χ0) is 39.2. The van der Waals surface area contributed by atoms with Crippen LogP contribution in [0.25, 0.3) is 0 Å². The van der Waals surface area contributed by atoms with Gasteiger partial charge in [-0.05, 0) is 105 Å². The molecule has 13 nitrogen and oxygen atoms in total. The van der Waals surface area contributed by atoms with Gasteiger partial charge in [-0.2, -0.15) is 5.26 Å². The van der Waals surface area contributed by atoms with Gasteiger partial charge in [0.1, 0.15) is 16.8 Å². The second-order valence-electron chi connectivity index (χ2n) is 14.7. The highest BCUT2D eigenvalue weighted by Gasteiger charge is 2.57. The lowest BCUT2D eigenvalue weighted by Gasteiger charge is -2.27. The number of carbonyl (C=O) groups excluding carboxylic acids is 4. The number of fused-ring (bicyclic) bond motifs is 1. The third-order valence-corrected chi connectivity index (χ3v) is 11.1. The Kier molecular flexibility index (Phi) is 9.34. The van der Waals surface area contributed by atoms with Crippen molar-refractivity contribution in [2.75, 3.05) is 11.4 Å². The molecule has 0 spiro atoms. The molecule has 56 heavy (non-hydrogen) atoms. The molecule has 4 amide bonds. The molecule has 4 heterocycles. The Balaban J connectivity index is 0.994. The van der Waals surface area contributed by atoms with Crippen molar-refractivity contribution >= 4 is 58.5 Å². The number of carbonyl (C=O) groups is 4. The largest absolute Gasteiger partial charge is 0.352 e. The predicted molar refractivity (Wildman–Crippen MR) is 207 cm³/mol. The van der Waals surface area contributed by atoms with E-state index in [1.807, 2.05) is 12.1 Å². The van der Waals surface area contributed by atoms with Crippen molar-refractivity contribution in [3.63, 3.8) is 0 Å². The molecular formula is C41H35Cl2N9O4. The third-order valence-electron chi connectivity index (χ3n) is 10.7. The van der Waals surface area contributed by atoms with Gasteiger partial charge in [-0.25, -0.2) is 9.88 Å². The number of amides is 4. The average Bonchev–Trinajstić information content (AvgIpc) is 4.10. The number of hydrogen-bond donors (Lipinski definition) is 3. The number of hydrogen-bond acceptors (Lipinski definition) is 8. The Morgan fingerprint density at radius 3 is 2.20 bits per heavy atom. The summed E-state index contributed by atoms with van der Waals surface area (Å²) in [5.41, 5.74) is 0.593. The summed E-state index contributed by atoms with van der Waals surface area (Å²) in [4.78, 5) is 69.8. The van der Waals surface area contributed by atoms with Crippen LogP contribution >= 0.6 is 23.2 Å². The molecule has 2 saturated carbocycles. The van der Waals surface area contributed by atoms with E-state index in [9.17, 15) is 24.4 Å². The van der Waals surface area contributed by atoms with Crippen molar-refractivity contribution in [1.29, 1.82) is 5.26 Å².